The molecule has 7 heteroatoms. The second kappa shape index (κ2) is 9.58. The molecule has 2 amide bonds. The van der Waals surface area contributed by atoms with Gasteiger partial charge in [-0.2, -0.15) is 0 Å². The SMILES string of the molecule is CCc1cccc(NC(=O)N2CCc3nc(-c4ccccc4)nc(N4CCOCC4)c3C2)c1. The number of morpholine rings is 1. The lowest BCUT2D eigenvalue weighted by molar-refractivity contribution is 0.122. The third-order valence-electron chi connectivity index (χ3n) is 6.25. The first-order valence-corrected chi connectivity index (χ1v) is 11.6. The monoisotopic (exact) mass is 443 g/mol. The van der Waals surface area contributed by atoms with Gasteiger partial charge >= 0.3 is 6.03 Å². The van der Waals surface area contributed by atoms with Crippen LogP contribution in [0.15, 0.2) is 54.6 Å². The molecule has 1 saturated heterocycles. The van der Waals surface area contributed by atoms with E-state index in [-0.39, 0.29) is 6.03 Å². The Balaban J connectivity index is 1.43. The Bertz CT molecular complexity index is 1130. The number of amides is 2. The maximum Gasteiger partial charge on any atom is 0.322 e. The lowest BCUT2D eigenvalue weighted by Crippen LogP contribution is -2.42. The number of aryl methyl sites for hydroxylation is 1. The van der Waals surface area contributed by atoms with Crippen LogP contribution >= 0.6 is 0 Å². The Morgan fingerprint density at radius 3 is 2.64 bits per heavy atom. The molecule has 170 valence electrons. The predicted octanol–water partition coefficient (Wildman–Crippen LogP) is 4.13. The molecular weight excluding hydrogens is 414 g/mol. The van der Waals surface area contributed by atoms with Crippen molar-refractivity contribution in [2.45, 2.75) is 26.3 Å². The summed E-state index contributed by atoms with van der Waals surface area (Å²) < 4.78 is 5.57. The summed E-state index contributed by atoms with van der Waals surface area (Å²) in [5, 5.41) is 3.07. The first kappa shape index (κ1) is 21.4. The van der Waals surface area contributed by atoms with Gasteiger partial charge in [0.1, 0.15) is 5.82 Å². The van der Waals surface area contributed by atoms with Crippen LogP contribution in [0.4, 0.5) is 16.3 Å². The number of carbonyl (C=O) groups excluding carboxylic acids is 1. The second-order valence-corrected chi connectivity index (χ2v) is 8.42. The zero-order chi connectivity index (χ0) is 22.6. The third kappa shape index (κ3) is 4.68. The van der Waals surface area contributed by atoms with Gasteiger partial charge < -0.3 is 19.9 Å². The number of aromatic nitrogens is 2. The maximum atomic E-state index is 13.1. The van der Waals surface area contributed by atoms with Crippen LogP contribution in [0.5, 0.6) is 0 Å². The van der Waals surface area contributed by atoms with Crippen molar-refractivity contribution in [1.29, 1.82) is 0 Å². The predicted molar refractivity (Wildman–Crippen MR) is 129 cm³/mol. The molecule has 1 N–H and O–H groups in total. The molecular formula is C26H29N5O2. The Hall–Kier alpha value is -3.45. The minimum Gasteiger partial charge on any atom is -0.378 e. The standard InChI is InChI=1S/C26H29N5O2/c1-2-19-7-6-10-21(17-19)27-26(32)31-12-11-23-22(18-31)25(30-13-15-33-16-14-30)29-24(28-23)20-8-4-3-5-9-20/h3-10,17H,2,11-16,18H2,1H3,(H,27,32). The second-order valence-electron chi connectivity index (χ2n) is 8.42. The molecule has 2 aromatic carbocycles. The molecule has 0 bridgehead atoms. The summed E-state index contributed by atoms with van der Waals surface area (Å²) in [5.41, 5.74) is 5.11. The zero-order valence-electron chi connectivity index (χ0n) is 19.0. The quantitative estimate of drug-likeness (QED) is 0.657. The molecule has 1 fully saturated rings. The molecule has 2 aliphatic rings. The summed E-state index contributed by atoms with van der Waals surface area (Å²) in [6.07, 6.45) is 1.64. The highest BCUT2D eigenvalue weighted by Crippen LogP contribution is 2.30. The number of hydrogen-bond acceptors (Lipinski definition) is 5. The highest BCUT2D eigenvalue weighted by molar-refractivity contribution is 5.89. The van der Waals surface area contributed by atoms with E-state index in [1.807, 2.05) is 53.4 Å². The summed E-state index contributed by atoms with van der Waals surface area (Å²) in [6, 6.07) is 18.0. The van der Waals surface area contributed by atoms with Crippen LogP contribution in [0.1, 0.15) is 23.7 Å². The molecule has 0 unspecified atom stereocenters. The van der Waals surface area contributed by atoms with E-state index in [4.69, 9.17) is 14.7 Å². The van der Waals surface area contributed by atoms with Crippen LogP contribution in [-0.2, 0) is 24.1 Å². The summed E-state index contributed by atoms with van der Waals surface area (Å²) in [6.45, 7) is 6.16. The summed E-state index contributed by atoms with van der Waals surface area (Å²) in [7, 11) is 0. The largest absolute Gasteiger partial charge is 0.378 e. The molecule has 0 atom stereocenters. The third-order valence-corrected chi connectivity index (χ3v) is 6.25. The Morgan fingerprint density at radius 2 is 1.85 bits per heavy atom. The minimum absolute atomic E-state index is 0.0889. The summed E-state index contributed by atoms with van der Waals surface area (Å²) in [5.74, 6) is 1.66. The van der Waals surface area contributed by atoms with Crippen molar-refractivity contribution >= 4 is 17.5 Å². The number of hydrogen-bond donors (Lipinski definition) is 1. The fourth-order valence-electron chi connectivity index (χ4n) is 4.39. The van der Waals surface area contributed by atoms with Gasteiger partial charge in [0, 0.05) is 42.9 Å². The number of anilines is 2. The van der Waals surface area contributed by atoms with Crippen molar-refractivity contribution in [2.75, 3.05) is 43.1 Å². The number of ether oxygens (including phenoxy) is 1. The van der Waals surface area contributed by atoms with Crippen LogP contribution in [0, 0.1) is 0 Å². The van der Waals surface area contributed by atoms with Crippen molar-refractivity contribution in [3.05, 3.63) is 71.4 Å². The average Bonchev–Trinajstić information content (AvgIpc) is 2.89. The van der Waals surface area contributed by atoms with E-state index in [1.165, 1.54) is 5.56 Å². The number of fused-ring (bicyclic) bond motifs is 1. The summed E-state index contributed by atoms with van der Waals surface area (Å²) >= 11 is 0. The van der Waals surface area contributed by atoms with Crippen molar-refractivity contribution in [2.24, 2.45) is 0 Å². The molecule has 5 rings (SSSR count). The normalized spacial score (nSPS) is 15.8. The van der Waals surface area contributed by atoms with Crippen LogP contribution in [0.25, 0.3) is 11.4 Å². The molecule has 1 aromatic heterocycles. The number of carbonyl (C=O) groups is 1. The zero-order valence-corrected chi connectivity index (χ0v) is 19.0. The molecule has 0 radical (unpaired) electrons. The number of benzene rings is 2. The topological polar surface area (TPSA) is 70.6 Å². The van der Waals surface area contributed by atoms with Crippen molar-refractivity contribution in [3.8, 4) is 11.4 Å². The van der Waals surface area contributed by atoms with E-state index in [9.17, 15) is 4.79 Å². The van der Waals surface area contributed by atoms with Crippen LogP contribution in [-0.4, -0.2) is 53.7 Å². The lowest BCUT2D eigenvalue weighted by atomic mass is 10.0. The maximum absolute atomic E-state index is 13.1. The van der Waals surface area contributed by atoms with Gasteiger partial charge in [-0.1, -0.05) is 49.4 Å². The van der Waals surface area contributed by atoms with E-state index >= 15 is 0 Å². The van der Waals surface area contributed by atoms with Crippen molar-refractivity contribution in [1.82, 2.24) is 14.9 Å². The van der Waals surface area contributed by atoms with E-state index < -0.39 is 0 Å². The van der Waals surface area contributed by atoms with Crippen molar-refractivity contribution < 1.29 is 9.53 Å². The highest BCUT2D eigenvalue weighted by atomic mass is 16.5. The Labute approximate surface area is 194 Å². The van der Waals surface area contributed by atoms with Gasteiger partial charge in [0.2, 0.25) is 0 Å². The smallest absolute Gasteiger partial charge is 0.322 e. The van der Waals surface area contributed by atoms with Gasteiger partial charge in [0.15, 0.2) is 5.82 Å². The molecule has 3 heterocycles. The fourth-order valence-corrected chi connectivity index (χ4v) is 4.39. The molecule has 0 aliphatic carbocycles. The van der Waals surface area contributed by atoms with E-state index in [2.05, 4.69) is 23.2 Å². The van der Waals surface area contributed by atoms with E-state index in [0.717, 1.165) is 53.7 Å². The molecule has 2 aliphatic heterocycles. The van der Waals surface area contributed by atoms with Crippen molar-refractivity contribution in [3.63, 3.8) is 0 Å². The Morgan fingerprint density at radius 1 is 1.03 bits per heavy atom. The fraction of sp³-hybridized carbons (Fsp3) is 0.346. The van der Waals surface area contributed by atoms with Gasteiger partial charge in [-0.25, -0.2) is 14.8 Å². The average molecular weight is 444 g/mol. The van der Waals surface area contributed by atoms with Crippen LogP contribution in [0.2, 0.25) is 0 Å². The van der Waals surface area contributed by atoms with E-state index in [1.54, 1.807) is 0 Å². The number of rotatable bonds is 4. The first-order chi connectivity index (χ1) is 16.2. The van der Waals surface area contributed by atoms with Crippen LogP contribution < -0.4 is 10.2 Å². The number of urea groups is 1. The summed E-state index contributed by atoms with van der Waals surface area (Å²) in [4.78, 5) is 27.1. The molecule has 0 spiro atoms. The number of nitrogens with zero attached hydrogens (tertiary/aromatic N) is 4. The molecule has 7 nitrogen and oxygen atoms in total. The van der Waals surface area contributed by atoms with Gasteiger partial charge in [0.05, 0.1) is 25.5 Å². The van der Waals surface area contributed by atoms with E-state index in [0.29, 0.717) is 32.7 Å². The molecule has 3 aromatic rings. The van der Waals surface area contributed by atoms with Gasteiger partial charge in [-0.3, -0.25) is 0 Å². The Kier molecular flexibility index (Phi) is 6.21. The van der Waals surface area contributed by atoms with Gasteiger partial charge in [-0.15, -0.1) is 0 Å². The highest BCUT2D eigenvalue weighted by Gasteiger charge is 2.28. The first-order valence-electron chi connectivity index (χ1n) is 11.6. The van der Waals surface area contributed by atoms with Gasteiger partial charge in [0.25, 0.3) is 0 Å². The lowest BCUT2D eigenvalue weighted by Gasteiger charge is -2.34. The van der Waals surface area contributed by atoms with Gasteiger partial charge in [-0.05, 0) is 24.1 Å². The minimum atomic E-state index is -0.0889. The molecule has 0 saturated carbocycles. The number of nitrogens with one attached hydrogen (secondary N) is 1. The molecule has 33 heavy (non-hydrogen) atoms. The van der Waals surface area contributed by atoms with Crippen LogP contribution in [0.3, 0.4) is 0 Å².